The molecule has 0 bridgehead atoms. The standard InChI is InChI=1S/C27H40N4O2/c1-26(2,3)20-14-18(15-21(22(20)32)27(4,5)6)24-29-23(25(33)28-19-12-13-19)30-31(24)16-17-10-8-7-9-11-17/h14-15,17,19,32H,7-13,16H2,1-6H3,(H,28,33). The molecular weight excluding hydrogens is 412 g/mol. The van der Waals surface area contributed by atoms with E-state index >= 15 is 0 Å². The molecule has 0 radical (unpaired) electrons. The SMILES string of the molecule is CC(C)(C)c1cc(-c2nc(C(=O)NC3CC3)nn2CC2CCCCC2)cc(C(C)(C)C)c1O. The predicted molar refractivity (Wildman–Crippen MR) is 132 cm³/mol. The van der Waals surface area contributed by atoms with E-state index in [1.165, 1.54) is 32.1 Å². The first-order valence-corrected chi connectivity index (χ1v) is 12.6. The maximum absolute atomic E-state index is 12.8. The van der Waals surface area contributed by atoms with Crippen molar-refractivity contribution in [3.8, 4) is 17.1 Å². The van der Waals surface area contributed by atoms with Crippen LogP contribution < -0.4 is 5.32 Å². The largest absolute Gasteiger partial charge is 0.507 e. The highest BCUT2D eigenvalue weighted by Crippen LogP contribution is 2.42. The Hall–Kier alpha value is -2.37. The van der Waals surface area contributed by atoms with Crippen LogP contribution in [0.2, 0.25) is 0 Å². The second kappa shape index (κ2) is 8.77. The Morgan fingerprint density at radius 3 is 2.09 bits per heavy atom. The van der Waals surface area contributed by atoms with Gasteiger partial charge in [-0.1, -0.05) is 60.8 Å². The summed E-state index contributed by atoms with van der Waals surface area (Å²) in [4.78, 5) is 17.6. The molecule has 1 heterocycles. The monoisotopic (exact) mass is 452 g/mol. The first kappa shape index (κ1) is 23.8. The maximum Gasteiger partial charge on any atom is 0.291 e. The second-order valence-corrected chi connectivity index (χ2v) is 12.1. The lowest BCUT2D eigenvalue weighted by atomic mass is 9.78. The van der Waals surface area contributed by atoms with E-state index in [4.69, 9.17) is 10.1 Å². The average molecular weight is 453 g/mol. The molecule has 1 amide bonds. The minimum atomic E-state index is -0.236. The van der Waals surface area contributed by atoms with E-state index in [1.807, 2.05) is 16.8 Å². The molecule has 0 unspecified atom stereocenters. The number of nitrogens with zero attached hydrogens (tertiary/aromatic N) is 3. The van der Waals surface area contributed by atoms with Crippen molar-refractivity contribution in [3.63, 3.8) is 0 Å². The Morgan fingerprint density at radius 2 is 1.58 bits per heavy atom. The second-order valence-electron chi connectivity index (χ2n) is 12.1. The van der Waals surface area contributed by atoms with Crippen LogP contribution in [-0.4, -0.2) is 31.8 Å². The van der Waals surface area contributed by atoms with Crippen molar-refractivity contribution >= 4 is 5.91 Å². The molecule has 0 atom stereocenters. The molecule has 2 saturated carbocycles. The minimum absolute atomic E-state index is 0.188. The summed E-state index contributed by atoms with van der Waals surface area (Å²) in [6.45, 7) is 13.4. The molecule has 0 aliphatic heterocycles. The number of aromatic hydroxyl groups is 1. The van der Waals surface area contributed by atoms with Crippen LogP contribution in [-0.2, 0) is 17.4 Å². The average Bonchev–Trinajstić information content (AvgIpc) is 3.44. The molecule has 6 heteroatoms. The van der Waals surface area contributed by atoms with Crippen LogP contribution in [0.1, 0.15) is 108 Å². The fraction of sp³-hybridized carbons (Fsp3) is 0.667. The molecule has 6 nitrogen and oxygen atoms in total. The summed E-state index contributed by atoms with van der Waals surface area (Å²) >= 11 is 0. The van der Waals surface area contributed by atoms with Gasteiger partial charge in [0.1, 0.15) is 5.75 Å². The highest BCUT2D eigenvalue weighted by Gasteiger charge is 2.30. The molecule has 4 rings (SSSR count). The molecule has 180 valence electrons. The molecule has 2 aliphatic rings. The van der Waals surface area contributed by atoms with Crippen molar-refractivity contribution in [1.29, 1.82) is 0 Å². The third kappa shape index (κ3) is 5.42. The highest BCUT2D eigenvalue weighted by atomic mass is 16.3. The van der Waals surface area contributed by atoms with Gasteiger partial charge in [0.15, 0.2) is 5.82 Å². The van der Waals surface area contributed by atoms with E-state index < -0.39 is 0 Å². The first-order valence-electron chi connectivity index (χ1n) is 12.6. The van der Waals surface area contributed by atoms with Crippen molar-refractivity contribution in [2.24, 2.45) is 5.92 Å². The molecule has 2 N–H and O–H groups in total. The Kier molecular flexibility index (Phi) is 6.32. The summed E-state index contributed by atoms with van der Waals surface area (Å²) in [6.07, 6.45) is 8.26. The van der Waals surface area contributed by atoms with Crippen LogP contribution >= 0.6 is 0 Å². The summed E-state index contributed by atoms with van der Waals surface area (Å²) in [5.74, 6) is 1.68. The molecule has 0 spiro atoms. The first-order chi connectivity index (χ1) is 15.4. The molecule has 2 fully saturated rings. The topological polar surface area (TPSA) is 80.0 Å². The zero-order chi connectivity index (χ0) is 24.0. The zero-order valence-corrected chi connectivity index (χ0v) is 21.2. The van der Waals surface area contributed by atoms with Gasteiger partial charge in [0.25, 0.3) is 5.91 Å². The fourth-order valence-corrected chi connectivity index (χ4v) is 4.78. The number of phenolic OH excluding ortho intramolecular Hbond substituents is 1. The van der Waals surface area contributed by atoms with Crippen molar-refractivity contribution in [2.75, 3.05) is 0 Å². The van der Waals surface area contributed by atoms with Crippen molar-refractivity contribution in [3.05, 3.63) is 29.1 Å². The molecule has 2 aliphatic carbocycles. The quantitative estimate of drug-likeness (QED) is 0.608. The lowest BCUT2D eigenvalue weighted by Gasteiger charge is -2.28. The number of benzene rings is 1. The third-order valence-electron chi connectivity index (χ3n) is 6.93. The summed E-state index contributed by atoms with van der Waals surface area (Å²) in [7, 11) is 0. The van der Waals surface area contributed by atoms with Gasteiger partial charge in [-0.25, -0.2) is 9.67 Å². The van der Waals surface area contributed by atoms with Crippen LogP contribution in [0.4, 0.5) is 0 Å². The van der Waals surface area contributed by atoms with E-state index in [1.54, 1.807) is 0 Å². The molecule has 33 heavy (non-hydrogen) atoms. The maximum atomic E-state index is 12.8. The van der Waals surface area contributed by atoms with Gasteiger partial charge in [0, 0.05) is 29.3 Å². The zero-order valence-electron chi connectivity index (χ0n) is 21.2. The highest BCUT2D eigenvalue weighted by molar-refractivity contribution is 5.91. The van der Waals surface area contributed by atoms with Crippen LogP contribution in [0.25, 0.3) is 11.4 Å². The van der Waals surface area contributed by atoms with Crippen molar-refractivity contribution in [2.45, 2.75) is 110 Å². The number of nitrogens with one attached hydrogen (secondary N) is 1. The van der Waals surface area contributed by atoms with Gasteiger partial charge in [0.2, 0.25) is 5.82 Å². The van der Waals surface area contributed by atoms with Gasteiger partial charge in [-0.2, -0.15) is 0 Å². The number of carbonyl (C=O) groups is 1. The lowest BCUT2D eigenvalue weighted by molar-refractivity contribution is 0.0940. The van der Waals surface area contributed by atoms with E-state index in [-0.39, 0.29) is 28.6 Å². The fourth-order valence-electron chi connectivity index (χ4n) is 4.78. The number of amides is 1. The molecular formula is C27H40N4O2. The van der Waals surface area contributed by atoms with Crippen molar-refractivity contribution in [1.82, 2.24) is 20.1 Å². The van der Waals surface area contributed by atoms with Crippen LogP contribution in [0.3, 0.4) is 0 Å². The number of phenols is 1. The smallest absolute Gasteiger partial charge is 0.291 e. The molecule has 2 aromatic rings. The number of aromatic nitrogens is 3. The Labute approximate surface area is 198 Å². The van der Waals surface area contributed by atoms with E-state index in [0.717, 1.165) is 41.9 Å². The van der Waals surface area contributed by atoms with E-state index in [2.05, 4.69) is 46.9 Å². The van der Waals surface area contributed by atoms with Gasteiger partial charge in [0.05, 0.1) is 0 Å². The van der Waals surface area contributed by atoms with E-state index in [0.29, 0.717) is 11.7 Å². The van der Waals surface area contributed by atoms with Crippen LogP contribution in [0.15, 0.2) is 12.1 Å². The van der Waals surface area contributed by atoms with Gasteiger partial charge < -0.3 is 10.4 Å². The molecule has 0 saturated heterocycles. The third-order valence-corrected chi connectivity index (χ3v) is 6.93. The molecule has 1 aromatic heterocycles. The summed E-state index contributed by atoms with van der Waals surface area (Å²) < 4.78 is 1.95. The van der Waals surface area contributed by atoms with E-state index in [9.17, 15) is 9.90 Å². The van der Waals surface area contributed by atoms with Crippen LogP contribution in [0.5, 0.6) is 5.75 Å². The summed E-state index contributed by atoms with van der Waals surface area (Å²) in [5.41, 5.74) is 2.22. The Bertz CT molecular complexity index is 981. The number of hydrogen-bond acceptors (Lipinski definition) is 4. The predicted octanol–water partition coefficient (Wildman–Crippen LogP) is 5.72. The lowest BCUT2D eigenvalue weighted by Crippen LogP contribution is -2.26. The molecule has 1 aromatic carbocycles. The Balaban J connectivity index is 1.81. The van der Waals surface area contributed by atoms with Gasteiger partial charge >= 0.3 is 0 Å². The van der Waals surface area contributed by atoms with Crippen LogP contribution in [0, 0.1) is 5.92 Å². The number of hydrogen-bond donors (Lipinski definition) is 2. The van der Waals surface area contributed by atoms with Gasteiger partial charge in [-0.05, 0) is 54.6 Å². The van der Waals surface area contributed by atoms with Crippen molar-refractivity contribution < 1.29 is 9.90 Å². The van der Waals surface area contributed by atoms with Gasteiger partial charge in [-0.15, -0.1) is 5.10 Å². The van der Waals surface area contributed by atoms with Gasteiger partial charge in [-0.3, -0.25) is 4.79 Å². The normalized spacial score (nSPS) is 17.9. The number of rotatable bonds is 5. The summed E-state index contributed by atoms with van der Waals surface area (Å²) in [6, 6.07) is 4.34. The minimum Gasteiger partial charge on any atom is -0.507 e. The summed E-state index contributed by atoms with van der Waals surface area (Å²) in [5, 5.41) is 18.9. The Morgan fingerprint density at radius 1 is 1.00 bits per heavy atom. The number of carbonyl (C=O) groups excluding carboxylic acids is 1.